The van der Waals surface area contributed by atoms with Crippen LogP contribution in [0.25, 0.3) is 0 Å². The summed E-state index contributed by atoms with van der Waals surface area (Å²) in [5.74, 6) is 1.49. The Kier molecular flexibility index (Phi) is 4.39. The van der Waals surface area contributed by atoms with Crippen LogP contribution in [0.2, 0.25) is 5.02 Å². The molecule has 0 fully saturated rings. The first-order valence-electron chi connectivity index (χ1n) is 7.39. The highest BCUT2D eigenvalue weighted by Gasteiger charge is 2.18. The lowest BCUT2D eigenvalue weighted by atomic mass is 10.2. The molecule has 0 N–H and O–H groups in total. The fraction of sp³-hybridized carbons (Fsp3) is 0.294. The summed E-state index contributed by atoms with van der Waals surface area (Å²) >= 11 is 6.09. The molecule has 6 heteroatoms. The van der Waals surface area contributed by atoms with Crippen LogP contribution in [0.4, 0.5) is 5.82 Å². The van der Waals surface area contributed by atoms with Crippen molar-refractivity contribution < 1.29 is 9.53 Å². The molecule has 3 rings (SSSR count). The molecule has 2 aromatic rings. The van der Waals surface area contributed by atoms with Gasteiger partial charge in [0.15, 0.2) is 0 Å². The standard InChI is InChI=1S/C17H18ClN3O2/c1-20(2)17(22)14-4-3-5-16(19-14)21-8-9-23-15-7-6-13(18)10-12(15)11-21/h3-7,10H,8-9,11H2,1-2H3. The number of ether oxygens (including phenoxy) is 1. The van der Waals surface area contributed by atoms with Crippen LogP contribution in [-0.4, -0.2) is 43.0 Å². The van der Waals surface area contributed by atoms with E-state index in [1.54, 1.807) is 20.2 Å². The molecule has 2 heterocycles. The van der Waals surface area contributed by atoms with Gasteiger partial charge in [0, 0.05) is 31.2 Å². The van der Waals surface area contributed by atoms with E-state index in [1.807, 2.05) is 30.3 Å². The summed E-state index contributed by atoms with van der Waals surface area (Å²) in [6.45, 7) is 1.89. The maximum absolute atomic E-state index is 12.1. The normalized spacial score (nSPS) is 13.8. The number of nitrogens with zero attached hydrogens (tertiary/aromatic N) is 3. The number of carbonyl (C=O) groups excluding carboxylic acids is 1. The number of carbonyl (C=O) groups is 1. The molecule has 0 bridgehead atoms. The van der Waals surface area contributed by atoms with Crippen LogP contribution >= 0.6 is 11.6 Å². The van der Waals surface area contributed by atoms with E-state index < -0.39 is 0 Å². The Morgan fingerprint density at radius 1 is 1.30 bits per heavy atom. The van der Waals surface area contributed by atoms with Gasteiger partial charge in [-0.05, 0) is 30.3 Å². The van der Waals surface area contributed by atoms with Crippen LogP contribution in [0.3, 0.4) is 0 Å². The molecule has 23 heavy (non-hydrogen) atoms. The zero-order chi connectivity index (χ0) is 16.4. The fourth-order valence-electron chi connectivity index (χ4n) is 2.51. The number of hydrogen-bond acceptors (Lipinski definition) is 4. The lowest BCUT2D eigenvalue weighted by Gasteiger charge is -2.21. The van der Waals surface area contributed by atoms with E-state index >= 15 is 0 Å². The molecule has 1 amide bonds. The van der Waals surface area contributed by atoms with Crippen LogP contribution in [0.5, 0.6) is 5.75 Å². The van der Waals surface area contributed by atoms with Crippen molar-refractivity contribution >= 4 is 23.3 Å². The first kappa shape index (κ1) is 15.6. The largest absolute Gasteiger partial charge is 0.491 e. The quantitative estimate of drug-likeness (QED) is 0.849. The van der Waals surface area contributed by atoms with E-state index in [0.29, 0.717) is 30.4 Å². The number of aromatic nitrogens is 1. The highest BCUT2D eigenvalue weighted by atomic mass is 35.5. The zero-order valence-electron chi connectivity index (χ0n) is 13.1. The minimum absolute atomic E-state index is 0.110. The van der Waals surface area contributed by atoms with Crippen LogP contribution in [0.1, 0.15) is 16.1 Å². The molecule has 5 nitrogen and oxygen atoms in total. The summed E-state index contributed by atoms with van der Waals surface area (Å²) in [4.78, 5) is 20.2. The van der Waals surface area contributed by atoms with Crippen LogP contribution < -0.4 is 9.64 Å². The Morgan fingerprint density at radius 2 is 2.13 bits per heavy atom. The highest BCUT2D eigenvalue weighted by molar-refractivity contribution is 6.30. The molecular formula is C17H18ClN3O2. The fourth-order valence-corrected chi connectivity index (χ4v) is 2.70. The molecule has 0 spiro atoms. The number of benzene rings is 1. The number of anilines is 1. The molecule has 1 aliphatic rings. The molecule has 0 saturated heterocycles. The summed E-state index contributed by atoms with van der Waals surface area (Å²) < 4.78 is 5.77. The maximum Gasteiger partial charge on any atom is 0.272 e. The second kappa shape index (κ2) is 6.46. The number of fused-ring (bicyclic) bond motifs is 1. The van der Waals surface area contributed by atoms with Crippen molar-refractivity contribution in [1.82, 2.24) is 9.88 Å². The predicted molar refractivity (Wildman–Crippen MR) is 90.3 cm³/mol. The Morgan fingerprint density at radius 3 is 2.91 bits per heavy atom. The summed E-state index contributed by atoms with van der Waals surface area (Å²) in [7, 11) is 3.43. The second-order valence-electron chi connectivity index (χ2n) is 5.60. The highest BCUT2D eigenvalue weighted by Crippen LogP contribution is 2.28. The predicted octanol–water partition coefficient (Wildman–Crippen LogP) is 2.84. The Balaban J connectivity index is 1.90. The number of halogens is 1. The average molecular weight is 332 g/mol. The zero-order valence-corrected chi connectivity index (χ0v) is 13.9. The molecular weight excluding hydrogens is 314 g/mol. The van der Waals surface area contributed by atoms with Crippen molar-refractivity contribution in [3.8, 4) is 5.75 Å². The lowest BCUT2D eigenvalue weighted by Crippen LogP contribution is -2.28. The second-order valence-corrected chi connectivity index (χ2v) is 6.04. The van der Waals surface area contributed by atoms with Crippen molar-refractivity contribution in [2.24, 2.45) is 0 Å². The van der Waals surface area contributed by atoms with Crippen LogP contribution in [-0.2, 0) is 6.54 Å². The number of pyridine rings is 1. The van der Waals surface area contributed by atoms with Crippen LogP contribution in [0, 0.1) is 0 Å². The third-order valence-electron chi connectivity index (χ3n) is 3.69. The van der Waals surface area contributed by atoms with Crippen molar-refractivity contribution in [1.29, 1.82) is 0 Å². The molecule has 0 saturated carbocycles. The Hall–Kier alpha value is -2.27. The van der Waals surface area contributed by atoms with Crippen LogP contribution in [0.15, 0.2) is 36.4 Å². The van der Waals surface area contributed by atoms with Gasteiger partial charge < -0.3 is 14.5 Å². The minimum Gasteiger partial charge on any atom is -0.491 e. The van der Waals surface area contributed by atoms with Gasteiger partial charge in [-0.25, -0.2) is 4.98 Å². The van der Waals surface area contributed by atoms with Crippen molar-refractivity contribution in [3.05, 3.63) is 52.7 Å². The van der Waals surface area contributed by atoms with E-state index in [0.717, 1.165) is 17.1 Å². The summed E-state index contributed by atoms with van der Waals surface area (Å²) in [5, 5.41) is 0.679. The summed E-state index contributed by atoms with van der Waals surface area (Å²) in [5.41, 5.74) is 1.45. The lowest BCUT2D eigenvalue weighted by molar-refractivity contribution is 0.0822. The van der Waals surface area contributed by atoms with Gasteiger partial charge in [0.2, 0.25) is 0 Å². The van der Waals surface area contributed by atoms with E-state index in [-0.39, 0.29) is 5.91 Å². The third-order valence-corrected chi connectivity index (χ3v) is 3.92. The van der Waals surface area contributed by atoms with Gasteiger partial charge in [0.05, 0.1) is 6.54 Å². The topological polar surface area (TPSA) is 45.7 Å². The minimum atomic E-state index is -0.110. The van der Waals surface area contributed by atoms with Gasteiger partial charge in [-0.3, -0.25) is 4.79 Å². The molecule has 0 aliphatic carbocycles. The number of hydrogen-bond donors (Lipinski definition) is 0. The Bertz CT molecular complexity index is 734. The van der Waals surface area contributed by atoms with Gasteiger partial charge in [-0.15, -0.1) is 0 Å². The molecule has 1 aromatic heterocycles. The van der Waals surface area contributed by atoms with Gasteiger partial charge in [-0.2, -0.15) is 0 Å². The Labute approximate surface area is 140 Å². The summed E-state index contributed by atoms with van der Waals surface area (Å²) in [6, 6.07) is 11.1. The van der Waals surface area contributed by atoms with E-state index in [4.69, 9.17) is 16.3 Å². The van der Waals surface area contributed by atoms with Crippen molar-refractivity contribution in [2.75, 3.05) is 32.1 Å². The van der Waals surface area contributed by atoms with Gasteiger partial charge in [0.25, 0.3) is 5.91 Å². The van der Waals surface area contributed by atoms with Gasteiger partial charge in [-0.1, -0.05) is 17.7 Å². The van der Waals surface area contributed by atoms with Crippen molar-refractivity contribution in [3.63, 3.8) is 0 Å². The maximum atomic E-state index is 12.1. The van der Waals surface area contributed by atoms with E-state index in [1.165, 1.54) is 4.90 Å². The van der Waals surface area contributed by atoms with Gasteiger partial charge in [0.1, 0.15) is 23.9 Å². The smallest absolute Gasteiger partial charge is 0.272 e. The first-order valence-corrected chi connectivity index (χ1v) is 7.77. The van der Waals surface area contributed by atoms with Crippen molar-refractivity contribution in [2.45, 2.75) is 6.54 Å². The average Bonchev–Trinajstić information content (AvgIpc) is 2.76. The molecule has 1 aliphatic heterocycles. The molecule has 0 atom stereocenters. The van der Waals surface area contributed by atoms with E-state index in [9.17, 15) is 4.79 Å². The van der Waals surface area contributed by atoms with Gasteiger partial charge >= 0.3 is 0 Å². The number of amides is 1. The SMILES string of the molecule is CN(C)C(=O)c1cccc(N2CCOc3ccc(Cl)cc3C2)n1. The monoisotopic (exact) mass is 331 g/mol. The molecule has 0 unspecified atom stereocenters. The molecule has 120 valence electrons. The van der Waals surface area contributed by atoms with E-state index in [2.05, 4.69) is 9.88 Å². The number of rotatable bonds is 2. The molecule has 1 aromatic carbocycles. The third kappa shape index (κ3) is 3.40. The first-order chi connectivity index (χ1) is 11.0. The molecule has 0 radical (unpaired) electrons. The summed E-state index contributed by atoms with van der Waals surface area (Å²) in [6.07, 6.45) is 0.